The third-order valence-corrected chi connectivity index (χ3v) is 3.12. The van der Waals surface area contributed by atoms with Crippen molar-refractivity contribution < 1.29 is 4.92 Å². The number of hydrogen-bond acceptors (Lipinski definition) is 3. The van der Waals surface area contributed by atoms with E-state index in [1.165, 1.54) is 12.5 Å². The topological polar surface area (TPSA) is 46.4 Å². The average Bonchev–Trinajstić information content (AvgIpc) is 3.09. The van der Waals surface area contributed by atoms with Crippen LogP contribution in [0.1, 0.15) is 33.6 Å². The molecule has 0 fully saturated rings. The molecule has 20 heavy (non-hydrogen) atoms. The van der Waals surface area contributed by atoms with Crippen LogP contribution in [-0.2, 0) is 0 Å². The largest absolute Gasteiger partial charge is 0.293 e. The van der Waals surface area contributed by atoms with E-state index in [4.69, 9.17) is 0 Å². The molecule has 0 N–H and O–H groups in total. The Bertz CT molecular complexity index is 511. The normalized spacial score (nSPS) is 10.2. The fraction of sp³-hybridized carbons (Fsp3) is 0.500. The van der Waals surface area contributed by atoms with E-state index in [-0.39, 0.29) is 10.6 Å². The highest BCUT2D eigenvalue weighted by Gasteiger charge is 2.24. The minimum absolute atomic E-state index is 0.241. The predicted octanol–water partition coefficient (Wildman–Crippen LogP) is 3.71. The van der Waals surface area contributed by atoms with Gasteiger partial charge in [0.15, 0.2) is 0 Å². The lowest BCUT2D eigenvalue weighted by atomic mass is 10.3. The predicted molar refractivity (Wildman–Crippen MR) is 82.6 cm³/mol. The van der Waals surface area contributed by atoms with Crippen LogP contribution in [0.5, 0.6) is 0 Å². The fourth-order valence-electron chi connectivity index (χ4n) is 1.73. The number of hydrogen-bond donors (Lipinski definition) is 0. The smallest absolute Gasteiger partial charge is 0.277 e. The molecule has 4 nitrogen and oxygen atoms in total. The van der Waals surface area contributed by atoms with Crippen LogP contribution in [0.4, 0.5) is 5.69 Å². The molecule has 0 aromatic heterocycles. The van der Waals surface area contributed by atoms with Gasteiger partial charge in [0.25, 0.3) is 5.69 Å². The molecule has 108 valence electrons. The first-order valence-electron chi connectivity index (χ1n) is 7.10. The summed E-state index contributed by atoms with van der Waals surface area (Å²) in [4.78, 5) is 12.1. The molecule has 0 bridgehead atoms. The molecule has 0 aromatic rings. The lowest BCUT2D eigenvalue weighted by Gasteiger charge is -2.13. The maximum absolute atomic E-state index is 10.1. The van der Waals surface area contributed by atoms with Gasteiger partial charge in [0.1, 0.15) is 0 Å². The molecule has 0 saturated heterocycles. The van der Waals surface area contributed by atoms with Gasteiger partial charge in [-0.2, -0.15) is 0 Å². The molecule has 0 saturated carbocycles. The zero-order valence-corrected chi connectivity index (χ0v) is 12.5. The van der Waals surface area contributed by atoms with Gasteiger partial charge in [-0.15, -0.1) is 5.92 Å². The van der Waals surface area contributed by atoms with Gasteiger partial charge in [-0.05, 0) is 37.2 Å². The summed E-state index contributed by atoms with van der Waals surface area (Å²) in [7, 11) is 0. The van der Waals surface area contributed by atoms with Crippen LogP contribution >= 0.6 is 0 Å². The second kappa shape index (κ2) is 8.34. The Morgan fingerprint density at radius 1 is 1.20 bits per heavy atom. The molecule has 0 atom stereocenters. The Labute approximate surface area is 120 Å². The molecule has 2 rings (SSSR count). The fourth-order valence-corrected chi connectivity index (χ4v) is 1.73. The lowest BCUT2D eigenvalue weighted by Crippen LogP contribution is -2.22. The van der Waals surface area contributed by atoms with E-state index in [2.05, 4.69) is 37.5 Å². The Kier molecular flexibility index (Phi) is 6.75. The quantitative estimate of drug-likeness (QED) is 0.474. The van der Waals surface area contributed by atoms with Gasteiger partial charge in [0, 0.05) is 12.5 Å². The molecule has 0 heterocycles. The van der Waals surface area contributed by atoms with Crippen LogP contribution in [0.2, 0.25) is 0 Å². The van der Waals surface area contributed by atoms with Crippen molar-refractivity contribution in [3.63, 3.8) is 0 Å². The van der Waals surface area contributed by atoms with Crippen LogP contribution in [0.15, 0.2) is 18.2 Å². The standard InChI is InChI=1S/C10H19N.C6H3NO2/c1-4-7-8-9-10-11(5-2)6-3;8-7(9)6-2-1-4-3-5(4)6/h4-7,10H2,1-3H3;1-3H. The second-order valence-corrected chi connectivity index (χ2v) is 4.55. The molecule has 0 amide bonds. The summed E-state index contributed by atoms with van der Waals surface area (Å²) >= 11 is 0. The van der Waals surface area contributed by atoms with E-state index in [1.54, 1.807) is 12.1 Å². The van der Waals surface area contributed by atoms with Gasteiger partial charge < -0.3 is 0 Å². The van der Waals surface area contributed by atoms with Gasteiger partial charge in [-0.25, -0.2) is 0 Å². The molecule has 2 aliphatic rings. The average molecular weight is 274 g/mol. The Morgan fingerprint density at radius 2 is 1.90 bits per heavy atom. The van der Waals surface area contributed by atoms with E-state index < -0.39 is 0 Å². The van der Waals surface area contributed by atoms with Crippen LogP contribution in [0, 0.1) is 22.0 Å². The van der Waals surface area contributed by atoms with Crippen molar-refractivity contribution >= 4 is 5.69 Å². The molecule has 0 unspecified atom stereocenters. The highest BCUT2D eigenvalue weighted by atomic mass is 16.6. The minimum Gasteiger partial charge on any atom is -0.293 e. The zero-order chi connectivity index (χ0) is 15.0. The maximum atomic E-state index is 10.1. The Balaban J connectivity index is 0.000000202. The number of nitrogens with zero attached hydrogens (tertiary/aromatic N) is 2. The summed E-state index contributed by atoms with van der Waals surface area (Å²) < 4.78 is 0. The summed E-state index contributed by atoms with van der Waals surface area (Å²) in [5, 5.41) is 10.1. The van der Waals surface area contributed by atoms with E-state index in [1.807, 2.05) is 0 Å². The maximum Gasteiger partial charge on any atom is 0.277 e. The van der Waals surface area contributed by atoms with Crippen molar-refractivity contribution in [2.75, 3.05) is 19.6 Å². The Hall–Kier alpha value is -1.86. The summed E-state index contributed by atoms with van der Waals surface area (Å²) in [6, 6.07) is 5.09. The number of unbranched alkanes of at least 4 members (excludes halogenated alkanes) is 1. The zero-order valence-electron chi connectivity index (χ0n) is 12.5. The van der Waals surface area contributed by atoms with Crippen molar-refractivity contribution in [3.8, 4) is 23.0 Å². The van der Waals surface area contributed by atoms with Gasteiger partial charge in [-0.1, -0.05) is 26.7 Å². The molecule has 2 aliphatic carbocycles. The number of benzene rings is 1. The molecular weight excluding hydrogens is 252 g/mol. The lowest BCUT2D eigenvalue weighted by molar-refractivity contribution is -0.383. The van der Waals surface area contributed by atoms with Crippen molar-refractivity contribution in [1.82, 2.24) is 4.90 Å². The molecule has 0 radical (unpaired) electrons. The first-order chi connectivity index (χ1) is 9.63. The summed E-state index contributed by atoms with van der Waals surface area (Å²) in [6.07, 6.45) is 2.21. The van der Waals surface area contributed by atoms with E-state index >= 15 is 0 Å². The van der Waals surface area contributed by atoms with Gasteiger partial charge in [-0.3, -0.25) is 15.0 Å². The van der Waals surface area contributed by atoms with Crippen molar-refractivity contribution in [2.45, 2.75) is 33.6 Å². The third kappa shape index (κ3) is 5.02. The highest BCUT2D eigenvalue weighted by Crippen LogP contribution is 2.42. The first kappa shape index (κ1) is 16.2. The monoisotopic (exact) mass is 274 g/mol. The first-order valence-corrected chi connectivity index (χ1v) is 7.10. The molecule has 0 spiro atoms. The molecule has 4 heteroatoms. The van der Waals surface area contributed by atoms with Gasteiger partial charge in [0.2, 0.25) is 0 Å². The minimum atomic E-state index is -0.359. The number of fused-ring (bicyclic) bond motifs is 1. The second-order valence-electron chi connectivity index (χ2n) is 4.55. The number of rotatable bonds is 5. The third-order valence-electron chi connectivity index (χ3n) is 3.12. The van der Waals surface area contributed by atoms with Gasteiger partial charge in [0.05, 0.1) is 17.0 Å². The van der Waals surface area contributed by atoms with Gasteiger partial charge >= 0.3 is 0 Å². The summed E-state index contributed by atoms with van der Waals surface area (Å²) in [5.41, 5.74) is 2.06. The van der Waals surface area contributed by atoms with Crippen molar-refractivity contribution in [2.24, 2.45) is 0 Å². The summed E-state index contributed by atoms with van der Waals surface area (Å²) in [6.45, 7) is 9.66. The van der Waals surface area contributed by atoms with E-state index in [9.17, 15) is 10.1 Å². The van der Waals surface area contributed by atoms with Crippen LogP contribution in [0.25, 0.3) is 11.1 Å². The van der Waals surface area contributed by atoms with Crippen LogP contribution in [0.3, 0.4) is 0 Å². The SMILES string of the molecule is CCCC#CCN(CC)CC.O=[N+]([O-])c1ccc2cc1-2. The summed E-state index contributed by atoms with van der Waals surface area (Å²) in [5.74, 6) is 6.31. The number of nitro benzene ring substituents is 1. The van der Waals surface area contributed by atoms with Crippen LogP contribution in [-0.4, -0.2) is 29.5 Å². The highest BCUT2D eigenvalue weighted by molar-refractivity contribution is 5.89. The van der Waals surface area contributed by atoms with Crippen LogP contribution < -0.4 is 0 Å². The molecule has 0 aliphatic heterocycles. The van der Waals surface area contributed by atoms with Crippen molar-refractivity contribution in [1.29, 1.82) is 0 Å². The Morgan fingerprint density at radius 3 is 2.25 bits per heavy atom. The van der Waals surface area contributed by atoms with Crippen molar-refractivity contribution in [3.05, 3.63) is 28.3 Å². The van der Waals surface area contributed by atoms with E-state index in [0.29, 0.717) is 0 Å². The molecular formula is C16H22N2O2. The van der Waals surface area contributed by atoms with E-state index in [0.717, 1.165) is 37.2 Å². The molecule has 0 aromatic carbocycles. The number of nitro groups is 1.